The minimum absolute atomic E-state index is 0.0826. The molecule has 0 amide bonds. The molecular formula is C12H14F3NO. The lowest BCUT2D eigenvalue weighted by Gasteiger charge is -2.16. The lowest BCUT2D eigenvalue weighted by molar-refractivity contribution is -0.155. The Kier molecular flexibility index (Phi) is 4.15. The zero-order valence-electron chi connectivity index (χ0n) is 9.64. The van der Waals surface area contributed by atoms with E-state index in [9.17, 15) is 18.0 Å². The molecule has 0 saturated heterocycles. The second-order valence-corrected chi connectivity index (χ2v) is 3.70. The van der Waals surface area contributed by atoms with Crippen LogP contribution in [0.1, 0.15) is 24.2 Å². The van der Waals surface area contributed by atoms with E-state index in [4.69, 9.17) is 0 Å². The van der Waals surface area contributed by atoms with Gasteiger partial charge >= 0.3 is 6.18 Å². The van der Waals surface area contributed by atoms with Gasteiger partial charge in [0.25, 0.3) is 0 Å². The summed E-state index contributed by atoms with van der Waals surface area (Å²) in [4.78, 5) is 11.7. The third kappa shape index (κ3) is 3.22. The summed E-state index contributed by atoms with van der Waals surface area (Å²) < 4.78 is 37.4. The van der Waals surface area contributed by atoms with Gasteiger partial charge in [0.1, 0.15) is 5.92 Å². The van der Waals surface area contributed by atoms with Crippen LogP contribution < -0.4 is 5.32 Å². The largest absolute Gasteiger partial charge is 0.398 e. The molecule has 1 atom stereocenters. The summed E-state index contributed by atoms with van der Waals surface area (Å²) in [6.07, 6.45) is -4.50. The number of rotatable bonds is 4. The molecule has 1 aromatic rings. The first-order valence-electron chi connectivity index (χ1n) is 5.31. The highest BCUT2D eigenvalue weighted by Crippen LogP contribution is 2.30. The van der Waals surface area contributed by atoms with Gasteiger partial charge in [0.05, 0.1) is 0 Å². The van der Waals surface area contributed by atoms with Gasteiger partial charge in [-0.3, -0.25) is 4.79 Å². The first kappa shape index (κ1) is 13.5. The number of carbonyl (C=O) groups is 1. The van der Waals surface area contributed by atoms with Gasteiger partial charge in [-0.15, -0.1) is 0 Å². The average molecular weight is 245 g/mol. The molecule has 0 aliphatic rings. The monoisotopic (exact) mass is 245 g/mol. The van der Waals surface area contributed by atoms with E-state index in [-0.39, 0.29) is 5.56 Å². The Bertz CT molecular complexity index is 401. The van der Waals surface area contributed by atoms with Crippen LogP contribution >= 0.6 is 0 Å². The van der Waals surface area contributed by atoms with Crippen molar-refractivity contribution in [2.45, 2.75) is 20.0 Å². The minimum atomic E-state index is -4.50. The molecule has 0 aliphatic carbocycles. The van der Waals surface area contributed by atoms with Crippen LogP contribution in [0.4, 0.5) is 18.9 Å². The smallest absolute Gasteiger partial charge is 0.385 e. The summed E-state index contributed by atoms with van der Waals surface area (Å²) in [5.41, 5.74) is 0.523. The topological polar surface area (TPSA) is 29.1 Å². The number of para-hydroxylation sites is 1. The molecule has 0 saturated carbocycles. The van der Waals surface area contributed by atoms with Gasteiger partial charge in [0.15, 0.2) is 5.78 Å². The summed E-state index contributed by atoms with van der Waals surface area (Å²) >= 11 is 0. The predicted molar refractivity (Wildman–Crippen MR) is 60.2 cm³/mol. The molecule has 0 bridgehead atoms. The van der Waals surface area contributed by atoms with E-state index in [2.05, 4.69) is 5.32 Å². The number of anilines is 1. The normalized spacial score (nSPS) is 13.2. The lowest BCUT2D eigenvalue weighted by Crippen LogP contribution is -2.28. The van der Waals surface area contributed by atoms with Crippen molar-refractivity contribution in [3.8, 4) is 0 Å². The maximum Gasteiger partial charge on any atom is 0.398 e. The summed E-state index contributed by atoms with van der Waals surface area (Å²) in [5.74, 6) is -2.89. The maximum atomic E-state index is 12.5. The molecule has 0 spiro atoms. The molecule has 94 valence electrons. The van der Waals surface area contributed by atoms with Crippen LogP contribution in [0.2, 0.25) is 0 Å². The Morgan fingerprint density at radius 3 is 2.47 bits per heavy atom. The van der Waals surface area contributed by atoms with E-state index in [1.807, 2.05) is 6.92 Å². The number of alkyl halides is 3. The number of nitrogens with one attached hydrogen (secondary N) is 1. The second-order valence-electron chi connectivity index (χ2n) is 3.70. The lowest BCUT2D eigenvalue weighted by atomic mass is 9.97. The second kappa shape index (κ2) is 5.21. The van der Waals surface area contributed by atoms with Crippen LogP contribution in [0.25, 0.3) is 0 Å². The highest BCUT2D eigenvalue weighted by Gasteiger charge is 2.41. The zero-order chi connectivity index (χ0) is 13.1. The van der Waals surface area contributed by atoms with Gasteiger partial charge in [-0.25, -0.2) is 0 Å². The number of halogens is 3. The Morgan fingerprint density at radius 2 is 1.94 bits per heavy atom. The molecule has 0 aliphatic heterocycles. The molecule has 0 fully saturated rings. The number of hydrogen-bond donors (Lipinski definition) is 1. The fourth-order valence-corrected chi connectivity index (χ4v) is 1.42. The van der Waals surface area contributed by atoms with E-state index in [0.717, 1.165) is 6.92 Å². The van der Waals surface area contributed by atoms with Crippen molar-refractivity contribution in [2.75, 3.05) is 11.9 Å². The van der Waals surface area contributed by atoms with Crippen molar-refractivity contribution in [2.24, 2.45) is 5.92 Å². The molecule has 1 N–H and O–H groups in total. The minimum Gasteiger partial charge on any atom is -0.385 e. The van der Waals surface area contributed by atoms with Gasteiger partial charge in [-0.2, -0.15) is 13.2 Å². The van der Waals surface area contributed by atoms with Crippen LogP contribution in [0.3, 0.4) is 0 Å². The van der Waals surface area contributed by atoms with Gasteiger partial charge in [-0.05, 0) is 26.0 Å². The Morgan fingerprint density at radius 1 is 1.35 bits per heavy atom. The average Bonchev–Trinajstić information content (AvgIpc) is 2.27. The first-order valence-corrected chi connectivity index (χ1v) is 5.31. The van der Waals surface area contributed by atoms with Crippen LogP contribution in [-0.2, 0) is 0 Å². The third-order valence-electron chi connectivity index (χ3n) is 2.44. The molecule has 2 nitrogen and oxygen atoms in total. The van der Waals surface area contributed by atoms with Crippen molar-refractivity contribution in [3.05, 3.63) is 29.8 Å². The molecule has 0 radical (unpaired) electrons. The zero-order valence-corrected chi connectivity index (χ0v) is 9.64. The van der Waals surface area contributed by atoms with E-state index in [0.29, 0.717) is 12.2 Å². The summed E-state index contributed by atoms with van der Waals surface area (Å²) in [6, 6.07) is 6.23. The standard InChI is InChI=1S/C12H14F3NO/c1-3-16-10-7-5-4-6-9(10)11(17)8(2)12(13,14)15/h4-8,16H,3H2,1-2H3. The molecule has 17 heavy (non-hydrogen) atoms. The molecular weight excluding hydrogens is 231 g/mol. The highest BCUT2D eigenvalue weighted by atomic mass is 19.4. The van der Waals surface area contributed by atoms with Gasteiger partial charge in [0.2, 0.25) is 0 Å². The molecule has 1 unspecified atom stereocenters. The number of carbonyl (C=O) groups excluding carboxylic acids is 1. The summed E-state index contributed by atoms with van der Waals surface area (Å²) in [6.45, 7) is 3.24. The fraction of sp³-hybridized carbons (Fsp3) is 0.417. The van der Waals surface area contributed by atoms with Crippen LogP contribution in [0, 0.1) is 5.92 Å². The number of Topliss-reactive ketones (excluding diaryl/α,β-unsaturated/α-hetero) is 1. The quantitative estimate of drug-likeness (QED) is 0.822. The summed E-state index contributed by atoms with van der Waals surface area (Å²) in [7, 11) is 0. The predicted octanol–water partition coefficient (Wildman–Crippen LogP) is 3.50. The SMILES string of the molecule is CCNc1ccccc1C(=O)C(C)C(F)(F)F. The van der Waals surface area contributed by atoms with E-state index >= 15 is 0 Å². The van der Waals surface area contributed by atoms with E-state index in [1.54, 1.807) is 18.2 Å². The van der Waals surface area contributed by atoms with Crippen LogP contribution in [0.15, 0.2) is 24.3 Å². The van der Waals surface area contributed by atoms with Crippen molar-refractivity contribution in [1.82, 2.24) is 0 Å². The maximum absolute atomic E-state index is 12.5. The molecule has 0 aromatic heterocycles. The number of ketones is 1. The van der Waals surface area contributed by atoms with Crippen molar-refractivity contribution in [1.29, 1.82) is 0 Å². The number of benzene rings is 1. The fourth-order valence-electron chi connectivity index (χ4n) is 1.42. The molecule has 5 heteroatoms. The van der Waals surface area contributed by atoms with Crippen molar-refractivity contribution < 1.29 is 18.0 Å². The Balaban J connectivity index is 3.04. The first-order chi connectivity index (χ1) is 7.88. The van der Waals surface area contributed by atoms with E-state index < -0.39 is 17.9 Å². The number of hydrogen-bond acceptors (Lipinski definition) is 2. The molecule has 0 heterocycles. The molecule has 1 aromatic carbocycles. The van der Waals surface area contributed by atoms with Crippen LogP contribution in [0.5, 0.6) is 0 Å². The van der Waals surface area contributed by atoms with Crippen LogP contribution in [-0.4, -0.2) is 18.5 Å². The van der Waals surface area contributed by atoms with Crippen molar-refractivity contribution >= 4 is 11.5 Å². The Hall–Kier alpha value is -1.52. The van der Waals surface area contributed by atoms with Gasteiger partial charge < -0.3 is 5.32 Å². The van der Waals surface area contributed by atoms with E-state index in [1.165, 1.54) is 6.07 Å². The Labute approximate surface area is 97.8 Å². The third-order valence-corrected chi connectivity index (χ3v) is 2.44. The van der Waals surface area contributed by atoms with Gasteiger partial charge in [0, 0.05) is 17.8 Å². The van der Waals surface area contributed by atoms with Crippen molar-refractivity contribution in [3.63, 3.8) is 0 Å². The highest BCUT2D eigenvalue weighted by molar-refractivity contribution is 6.02. The summed E-state index contributed by atoms with van der Waals surface area (Å²) in [5, 5.41) is 2.88. The van der Waals surface area contributed by atoms with Gasteiger partial charge in [-0.1, -0.05) is 12.1 Å². The molecule has 1 rings (SSSR count).